The van der Waals surface area contributed by atoms with Gasteiger partial charge < -0.3 is 5.11 Å². The molecule has 0 unspecified atom stereocenters. The van der Waals surface area contributed by atoms with Gasteiger partial charge in [-0.15, -0.1) is 0 Å². The molecule has 0 radical (unpaired) electrons. The fraction of sp³-hybridized carbons (Fsp3) is 0.143. The van der Waals surface area contributed by atoms with Gasteiger partial charge in [0.1, 0.15) is 4.90 Å². The number of hydrogen-bond acceptors (Lipinski definition) is 4. The summed E-state index contributed by atoms with van der Waals surface area (Å²) in [5.74, 6) is -2.76. The lowest BCUT2D eigenvalue weighted by molar-refractivity contribution is -0.192. The number of carboxylic acid groups (broad SMARTS) is 1. The summed E-state index contributed by atoms with van der Waals surface area (Å²) in [5, 5.41) is 7.12. The second-order valence-corrected chi connectivity index (χ2v) is 3.89. The first-order valence-electron chi connectivity index (χ1n) is 3.73. The smallest absolute Gasteiger partial charge is 0.475 e. The average Bonchev–Trinajstić information content (AvgIpc) is 2.17. The molecule has 0 saturated heterocycles. The lowest BCUT2D eigenvalue weighted by Crippen LogP contribution is -2.21. The number of halogens is 3. The number of aromatic nitrogens is 1. The number of alkyl halides is 3. The Hall–Kier alpha value is -1.68. The molecule has 0 fully saturated rings. The third kappa shape index (κ3) is 6.48. The molecule has 0 aromatic carbocycles. The van der Waals surface area contributed by atoms with Crippen LogP contribution in [0.3, 0.4) is 0 Å². The Balaban J connectivity index is 0.000000325. The van der Waals surface area contributed by atoms with Crippen LogP contribution < -0.4 is 0 Å². The first-order valence-corrected chi connectivity index (χ1v) is 5.17. The van der Waals surface area contributed by atoms with Crippen molar-refractivity contribution in [3.8, 4) is 0 Å². The number of rotatable bonds is 1. The molecule has 0 amide bonds. The van der Waals surface area contributed by atoms with Gasteiger partial charge in [-0.2, -0.15) is 21.6 Å². The van der Waals surface area contributed by atoms with Crippen LogP contribution in [0.2, 0.25) is 0 Å². The highest BCUT2D eigenvalue weighted by molar-refractivity contribution is 7.85. The molecular formula is C7H6F3NO5S. The van der Waals surface area contributed by atoms with Crippen molar-refractivity contribution in [1.82, 2.24) is 4.98 Å². The predicted molar refractivity (Wildman–Crippen MR) is 47.7 cm³/mol. The minimum atomic E-state index is -5.08. The summed E-state index contributed by atoms with van der Waals surface area (Å²) in [5.41, 5.74) is 0. The van der Waals surface area contributed by atoms with E-state index in [0.29, 0.717) is 0 Å². The number of carbonyl (C=O) groups is 1. The van der Waals surface area contributed by atoms with E-state index in [1.807, 2.05) is 0 Å². The highest BCUT2D eigenvalue weighted by Gasteiger charge is 2.38. The van der Waals surface area contributed by atoms with Crippen LogP contribution in [0.25, 0.3) is 0 Å². The highest BCUT2D eigenvalue weighted by atomic mass is 32.2. The van der Waals surface area contributed by atoms with Crippen molar-refractivity contribution in [3.63, 3.8) is 0 Å². The number of pyridine rings is 1. The van der Waals surface area contributed by atoms with Gasteiger partial charge in [-0.3, -0.25) is 9.54 Å². The lowest BCUT2D eigenvalue weighted by Gasteiger charge is -1.93. The van der Waals surface area contributed by atoms with Crippen molar-refractivity contribution in [3.05, 3.63) is 24.5 Å². The Morgan fingerprint density at radius 1 is 1.35 bits per heavy atom. The zero-order valence-corrected chi connectivity index (χ0v) is 8.73. The van der Waals surface area contributed by atoms with Gasteiger partial charge in [-0.1, -0.05) is 0 Å². The Labute approximate surface area is 93.5 Å². The van der Waals surface area contributed by atoms with E-state index in [9.17, 15) is 21.6 Å². The number of hydrogen-bond donors (Lipinski definition) is 2. The third-order valence-electron chi connectivity index (χ3n) is 1.17. The van der Waals surface area contributed by atoms with Gasteiger partial charge in [0.2, 0.25) is 0 Å². The molecule has 0 spiro atoms. The van der Waals surface area contributed by atoms with Gasteiger partial charge >= 0.3 is 12.1 Å². The molecule has 0 atom stereocenters. The fourth-order valence-electron chi connectivity index (χ4n) is 0.500. The Morgan fingerprint density at radius 2 is 1.82 bits per heavy atom. The largest absolute Gasteiger partial charge is 0.490 e. The molecule has 96 valence electrons. The van der Waals surface area contributed by atoms with Crippen molar-refractivity contribution in [1.29, 1.82) is 0 Å². The van der Waals surface area contributed by atoms with Gasteiger partial charge in [-0.05, 0) is 12.1 Å². The zero-order chi connectivity index (χ0) is 13.7. The molecule has 17 heavy (non-hydrogen) atoms. The molecule has 2 N–H and O–H groups in total. The quantitative estimate of drug-likeness (QED) is 0.738. The van der Waals surface area contributed by atoms with E-state index in [-0.39, 0.29) is 4.90 Å². The molecule has 0 saturated carbocycles. The maximum atomic E-state index is 10.6. The Kier molecular flexibility index (Phi) is 5.04. The number of carboxylic acids is 1. The van der Waals surface area contributed by atoms with Crippen molar-refractivity contribution < 1.29 is 36.0 Å². The normalized spacial score (nSPS) is 11.3. The first kappa shape index (κ1) is 15.3. The van der Waals surface area contributed by atoms with E-state index in [2.05, 4.69) is 4.98 Å². The lowest BCUT2D eigenvalue weighted by atomic mass is 10.5. The molecule has 0 aliphatic heterocycles. The van der Waals surface area contributed by atoms with E-state index in [4.69, 9.17) is 14.5 Å². The van der Waals surface area contributed by atoms with Crippen LogP contribution in [0.5, 0.6) is 0 Å². The molecule has 1 aromatic rings. The standard InChI is InChI=1S/C5H5NO3S.C2HF3O2/c7-10(8,9)5-2-1-3-6-4-5;3-2(4,5)1(6)7/h1-4H,(H,7,8,9);(H,6,7). The van der Waals surface area contributed by atoms with Gasteiger partial charge in [0.15, 0.2) is 0 Å². The summed E-state index contributed by atoms with van der Waals surface area (Å²) in [6, 6.07) is 2.70. The van der Waals surface area contributed by atoms with E-state index in [1.54, 1.807) is 0 Å². The predicted octanol–water partition coefficient (Wildman–Crippen LogP) is 0.962. The van der Waals surface area contributed by atoms with Crippen LogP contribution in [0, 0.1) is 0 Å². The summed E-state index contributed by atoms with van der Waals surface area (Å²) < 4.78 is 60.9. The minimum Gasteiger partial charge on any atom is -0.475 e. The maximum Gasteiger partial charge on any atom is 0.490 e. The van der Waals surface area contributed by atoms with Gasteiger partial charge in [0, 0.05) is 12.4 Å². The van der Waals surface area contributed by atoms with Crippen molar-refractivity contribution in [2.24, 2.45) is 0 Å². The van der Waals surface area contributed by atoms with Gasteiger partial charge in [0.25, 0.3) is 10.1 Å². The zero-order valence-electron chi connectivity index (χ0n) is 7.92. The summed E-state index contributed by atoms with van der Waals surface area (Å²) >= 11 is 0. The van der Waals surface area contributed by atoms with Crippen LogP contribution in [0.4, 0.5) is 13.2 Å². The third-order valence-corrected chi connectivity index (χ3v) is 2.01. The fourth-order valence-corrected chi connectivity index (χ4v) is 0.944. The van der Waals surface area contributed by atoms with E-state index >= 15 is 0 Å². The molecule has 1 rings (SSSR count). The van der Waals surface area contributed by atoms with Gasteiger partial charge in [0.05, 0.1) is 0 Å². The molecule has 10 heteroatoms. The topological polar surface area (TPSA) is 105 Å². The Morgan fingerprint density at radius 3 is 2.00 bits per heavy atom. The highest BCUT2D eigenvalue weighted by Crippen LogP contribution is 2.13. The van der Waals surface area contributed by atoms with Crippen molar-refractivity contribution in [2.45, 2.75) is 11.1 Å². The molecule has 0 aliphatic rings. The van der Waals surface area contributed by atoms with Crippen LogP contribution >= 0.6 is 0 Å². The molecular weight excluding hydrogens is 267 g/mol. The molecule has 1 aromatic heterocycles. The molecule has 0 bridgehead atoms. The summed E-state index contributed by atoms with van der Waals surface area (Å²) in [6.07, 6.45) is -2.58. The van der Waals surface area contributed by atoms with Crippen LogP contribution in [0.1, 0.15) is 0 Å². The minimum absolute atomic E-state index is 0.185. The van der Waals surface area contributed by atoms with Crippen LogP contribution in [-0.4, -0.2) is 35.2 Å². The van der Waals surface area contributed by atoms with E-state index < -0.39 is 22.3 Å². The average molecular weight is 273 g/mol. The summed E-state index contributed by atoms with van der Waals surface area (Å²) in [4.78, 5) is 12.2. The summed E-state index contributed by atoms with van der Waals surface area (Å²) in [7, 11) is -4.07. The van der Waals surface area contributed by atoms with E-state index in [0.717, 1.165) is 6.20 Å². The van der Waals surface area contributed by atoms with E-state index in [1.165, 1.54) is 18.3 Å². The molecule has 1 heterocycles. The van der Waals surface area contributed by atoms with Crippen molar-refractivity contribution >= 4 is 16.1 Å². The maximum absolute atomic E-state index is 10.6. The molecule has 6 nitrogen and oxygen atoms in total. The number of aliphatic carboxylic acids is 1. The number of nitrogens with zero attached hydrogens (tertiary/aromatic N) is 1. The first-order chi connectivity index (χ1) is 7.55. The van der Waals surface area contributed by atoms with Gasteiger partial charge in [-0.25, -0.2) is 4.79 Å². The SMILES string of the molecule is O=C(O)C(F)(F)F.O=S(=O)(O)c1cccnc1. The van der Waals surface area contributed by atoms with Crippen LogP contribution in [-0.2, 0) is 14.9 Å². The molecule has 0 aliphatic carbocycles. The second-order valence-electron chi connectivity index (χ2n) is 2.47. The van der Waals surface area contributed by atoms with Crippen LogP contribution in [0.15, 0.2) is 29.4 Å². The summed E-state index contributed by atoms with van der Waals surface area (Å²) in [6.45, 7) is 0. The Bertz CT molecular complexity index is 470. The van der Waals surface area contributed by atoms with Crippen molar-refractivity contribution in [2.75, 3.05) is 0 Å². The monoisotopic (exact) mass is 273 g/mol. The second kappa shape index (κ2) is 5.59.